The van der Waals surface area contributed by atoms with E-state index in [2.05, 4.69) is 29.2 Å². The van der Waals surface area contributed by atoms with Gasteiger partial charge in [0.1, 0.15) is 6.04 Å². The van der Waals surface area contributed by atoms with E-state index in [0.717, 1.165) is 38.6 Å². The van der Waals surface area contributed by atoms with E-state index < -0.39 is 5.97 Å². The van der Waals surface area contributed by atoms with Crippen LogP contribution >= 0.6 is 0 Å². The summed E-state index contributed by atoms with van der Waals surface area (Å²) in [7, 11) is 0. The summed E-state index contributed by atoms with van der Waals surface area (Å²) >= 11 is 0. The SMILES string of the molecule is O=C(O)C1CCCCCN1C1Cc2ccccc2C1. The van der Waals surface area contributed by atoms with E-state index in [1.54, 1.807) is 0 Å². The molecule has 1 fully saturated rings. The monoisotopic (exact) mass is 259 g/mol. The lowest BCUT2D eigenvalue weighted by Gasteiger charge is -2.32. The Kier molecular flexibility index (Phi) is 3.56. The maximum absolute atomic E-state index is 11.5. The van der Waals surface area contributed by atoms with E-state index in [4.69, 9.17) is 0 Å². The number of rotatable bonds is 2. The average molecular weight is 259 g/mol. The fourth-order valence-corrected chi connectivity index (χ4v) is 3.60. The molecular weight excluding hydrogens is 238 g/mol. The molecule has 19 heavy (non-hydrogen) atoms. The number of fused-ring (bicyclic) bond motifs is 1. The molecule has 0 radical (unpaired) electrons. The summed E-state index contributed by atoms with van der Waals surface area (Å²) in [6.45, 7) is 0.940. The lowest BCUT2D eigenvalue weighted by atomic mass is 10.1. The molecule has 1 heterocycles. The summed E-state index contributed by atoms with van der Waals surface area (Å²) < 4.78 is 0. The highest BCUT2D eigenvalue weighted by molar-refractivity contribution is 5.73. The second kappa shape index (κ2) is 5.33. The first-order valence-electron chi connectivity index (χ1n) is 7.31. The molecule has 0 saturated carbocycles. The minimum Gasteiger partial charge on any atom is -0.480 e. The molecule has 3 rings (SSSR count). The van der Waals surface area contributed by atoms with Crippen LogP contribution in [0.25, 0.3) is 0 Å². The van der Waals surface area contributed by atoms with Crippen molar-refractivity contribution in [2.45, 2.75) is 50.6 Å². The van der Waals surface area contributed by atoms with Crippen molar-refractivity contribution in [2.24, 2.45) is 0 Å². The van der Waals surface area contributed by atoms with Gasteiger partial charge >= 0.3 is 5.97 Å². The summed E-state index contributed by atoms with van der Waals surface area (Å²) in [5.74, 6) is -0.641. The first kappa shape index (κ1) is 12.7. The molecule has 1 saturated heterocycles. The van der Waals surface area contributed by atoms with Gasteiger partial charge in [0.2, 0.25) is 0 Å². The number of aliphatic carboxylic acids is 1. The molecule has 1 aromatic carbocycles. The minimum atomic E-state index is -0.641. The van der Waals surface area contributed by atoms with E-state index in [1.165, 1.54) is 17.5 Å². The first-order valence-corrected chi connectivity index (χ1v) is 7.31. The summed E-state index contributed by atoms with van der Waals surface area (Å²) in [6, 6.07) is 8.64. The smallest absolute Gasteiger partial charge is 0.320 e. The van der Waals surface area contributed by atoms with Crippen molar-refractivity contribution < 1.29 is 9.90 Å². The van der Waals surface area contributed by atoms with Gasteiger partial charge in [-0.25, -0.2) is 0 Å². The van der Waals surface area contributed by atoms with Crippen LogP contribution in [0.3, 0.4) is 0 Å². The van der Waals surface area contributed by atoms with Crippen molar-refractivity contribution in [3.63, 3.8) is 0 Å². The predicted octanol–water partition coefficient (Wildman–Crippen LogP) is 2.48. The maximum atomic E-state index is 11.5. The van der Waals surface area contributed by atoms with Gasteiger partial charge < -0.3 is 5.11 Å². The highest BCUT2D eigenvalue weighted by atomic mass is 16.4. The Bertz CT molecular complexity index is 447. The molecule has 1 aromatic rings. The Morgan fingerprint density at radius 2 is 1.79 bits per heavy atom. The minimum absolute atomic E-state index is 0.276. The molecule has 1 unspecified atom stereocenters. The van der Waals surface area contributed by atoms with Crippen LogP contribution in [0.15, 0.2) is 24.3 Å². The number of benzene rings is 1. The Morgan fingerprint density at radius 3 is 2.42 bits per heavy atom. The van der Waals surface area contributed by atoms with Gasteiger partial charge in [-0.15, -0.1) is 0 Å². The fourth-order valence-electron chi connectivity index (χ4n) is 3.60. The summed E-state index contributed by atoms with van der Waals surface area (Å²) in [5.41, 5.74) is 2.81. The lowest BCUT2D eigenvalue weighted by Crippen LogP contribution is -2.47. The molecule has 0 aromatic heterocycles. The molecule has 0 amide bonds. The molecule has 1 aliphatic heterocycles. The first-order chi connectivity index (χ1) is 9.25. The van der Waals surface area contributed by atoms with Crippen molar-refractivity contribution in [3.8, 4) is 0 Å². The molecule has 1 N–H and O–H groups in total. The van der Waals surface area contributed by atoms with E-state index >= 15 is 0 Å². The fraction of sp³-hybridized carbons (Fsp3) is 0.562. The summed E-state index contributed by atoms with van der Waals surface area (Å²) in [4.78, 5) is 13.8. The van der Waals surface area contributed by atoms with Crippen LogP contribution in [0.2, 0.25) is 0 Å². The van der Waals surface area contributed by atoms with E-state index in [9.17, 15) is 9.90 Å². The number of carbonyl (C=O) groups is 1. The van der Waals surface area contributed by atoms with E-state index in [0.29, 0.717) is 6.04 Å². The number of carboxylic acids is 1. The third-order valence-electron chi connectivity index (χ3n) is 4.58. The normalized spacial score (nSPS) is 24.9. The van der Waals surface area contributed by atoms with Crippen molar-refractivity contribution in [1.82, 2.24) is 4.90 Å². The van der Waals surface area contributed by atoms with Crippen molar-refractivity contribution in [2.75, 3.05) is 6.54 Å². The average Bonchev–Trinajstić information content (AvgIpc) is 2.66. The van der Waals surface area contributed by atoms with Gasteiger partial charge in [-0.05, 0) is 43.4 Å². The maximum Gasteiger partial charge on any atom is 0.320 e. The van der Waals surface area contributed by atoms with Crippen LogP contribution < -0.4 is 0 Å². The van der Waals surface area contributed by atoms with Crippen LogP contribution in [0.4, 0.5) is 0 Å². The van der Waals surface area contributed by atoms with Crippen molar-refractivity contribution in [3.05, 3.63) is 35.4 Å². The third-order valence-corrected chi connectivity index (χ3v) is 4.58. The predicted molar refractivity (Wildman–Crippen MR) is 74.2 cm³/mol. The van der Waals surface area contributed by atoms with Gasteiger partial charge in [0, 0.05) is 6.04 Å². The van der Waals surface area contributed by atoms with Gasteiger partial charge in [-0.3, -0.25) is 9.69 Å². The molecule has 0 spiro atoms. The molecule has 3 heteroatoms. The largest absolute Gasteiger partial charge is 0.480 e. The third kappa shape index (κ3) is 2.52. The summed E-state index contributed by atoms with van der Waals surface area (Å²) in [6.07, 6.45) is 6.19. The Hall–Kier alpha value is -1.35. The van der Waals surface area contributed by atoms with Crippen molar-refractivity contribution in [1.29, 1.82) is 0 Å². The Morgan fingerprint density at radius 1 is 1.11 bits per heavy atom. The second-order valence-electron chi connectivity index (χ2n) is 5.77. The molecule has 0 bridgehead atoms. The molecule has 3 nitrogen and oxygen atoms in total. The zero-order valence-electron chi connectivity index (χ0n) is 11.2. The topological polar surface area (TPSA) is 40.5 Å². The van der Waals surface area contributed by atoms with Gasteiger partial charge in [0.05, 0.1) is 0 Å². The standard InChI is InChI=1S/C16H21NO2/c18-16(19)15-8-2-1-5-9-17(15)14-10-12-6-3-4-7-13(12)11-14/h3-4,6-7,14-15H,1-2,5,8-11H2,(H,18,19). The van der Waals surface area contributed by atoms with Crippen LogP contribution in [-0.4, -0.2) is 34.6 Å². The zero-order chi connectivity index (χ0) is 13.2. The molecular formula is C16H21NO2. The van der Waals surface area contributed by atoms with Gasteiger partial charge in [-0.1, -0.05) is 37.1 Å². The van der Waals surface area contributed by atoms with Gasteiger partial charge in [-0.2, -0.15) is 0 Å². The van der Waals surface area contributed by atoms with E-state index in [1.807, 2.05) is 0 Å². The zero-order valence-corrected chi connectivity index (χ0v) is 11.2. The number of carboxylic acid groups (broad SMARTS) is 1. The number of hydrogen-bond donors (Lipinski definition) is 1. The number of likely N-dealkylation sites (tertiary alicyclic amines) is 1. The van der Waals surface area contributed by atoms with Crippen LogP contribution in [0, 0.1) is 0 Å². The highest BCUT2D eigenvalue weighted by Gasteiger charge is 2.35. The number of nitrogens with zero attached hydrogens (tertiary/aromatic N) is 1. The van der Waals surface area contributed by atoms with Gasteiger partial charge in [0.15, 0.2) is 0 Å². The molecule has 1 aliphatic carbocycles. The van der Waals surface area contributed by atoms with Crippen LogP contribution in [0.1, 0.15) is 36.8 Å². The summed E-state index contributed by atoms with van der Waals surface area (Å²) in [5, 5.41) is 9.47. The second-order valence-corrected chi connectivity index (χ2v) is 5.77. The Balaban J connectivity index is 1.79. The quantitative estimate of drug-likeness (QED) is 0.887. The molecule has 2 aliphatic rings. The number of hydrogen-bond acceptors (Lipinski definition) is 2. The lowest BCUT2D eigenvalue weighted by molar-refractivity contribution is -0.144. The van der Waals surface area contributed by atoms with E-state index in [-0.39, 0.29) is 6.04 Å². The van der Waals surface area contributed by atoms with Crippen LogP contribution in [-0.2, 0) is 17.6 Å². The van der Waals surface area contributed by atoms with Crippen molar-refractivity contribution >= 4 is 5.97 Å². The highest BCUT2D eigenvalue weighted by Crippen LogP contribution is 2.29. The Labute approximate surface area is 114 Å². The molecule has 1 atom stereocenters. The van der Waals surface area contributed by atoms with Crippen LogP contribution in [0.5, 0.6) is 0 Å². The van der Waals surface area contributed by atoms with Gasteiger partial charge in [0.25, 0.3) is 0 Å². The molecule has 102 valence electrons.